The van der Waals surface area contributed by atoms with E-state index in [4.69, 9.17) is 5.11 Å². The van der Waals surface area contributed by atoms with E-state index in [-0.39, 0.29) is 6.61 Å². The molecular weight excluding hydrogens is 337 g/mol. The minimum absolute atomic E-state index is 0.203. The lowest BCUT2D eigenvalue weighted by Gasteiger charge is -2.08. The highest BCUT2D eigenvalue weighted by Gasteiger charge is 1.98. The zero-order valence-electron chi connectivity index (χ0n) is 10.1. The van der Waals surface area contributed by atoms with E-state index >= 15 is 0 Å². The second-order valence-electron chi connectivity index (χ2n) is 4.12. The third-order valence-corrected chi connectivity index (χ3v) is 3.85. The minimum Gasteiger partial charge on any atom is -0.396 e. The number of aliphatic hydroxyl groups excluding tert-OH is 1. The molecule has 0 aliphatic carbocycles. The molecule has 0 amide bonds. The van der Waals surface area contributed by atoms with Crippen molar-refractivity contribution in [2.45, 2.75) is 13.0 Å². The molecule has 0 heterocycles. The topological polar surface area (TPSA) is 32.3 Å². The van der Waals surface area contributed by atoms with Gasteiger partial charge in [-0.25, -0.2) is 0 Å². The molecule has 0 saturated heterocycles. The average Bonchev–Trinajstić information content (AvgIpc) is 2.40. The fourth-order valence-corrected chi connectivity index (χ4v) is 2.34. The van der Waals surface area contributed by atoms with Crippen LogP contribution in [-0.4, -0.2) is 11.7 Å². The van der Waals surface area contributed by atoms with E-state index in [1.54, 1.807) is 0 Å². The molecule has 2 nitrogen and oxygen atoms in total. The Balaban J connectivity index is 1.96. The van der Waals surface area contributed by atoms with Gasteiger partial charge >= 0.3 is 0 Å². The van der Waals surface area contributed by atoms with Crippen molar-refractivity contribution in [1.29, 1.82) is 0 Å². The molecule has 0 spiro atoms. The van der Waals surface area contributed by atoms with Gasteiger partial charge in [-0.05, 0) is 58.3 Å². The molecule has 2 N–H and O–H groups in total. The van der Waals surface area contributed by atoms with Crippen LogP contribution in [0.3, 0.4) is 0 Å². The summed E-state index contributed by atoms with van der Waals surface area (Å²) < 4.78 is 1.28. The Hall–Kier alpha value is -1.07. The summed E-state index contributed by atoms with van der Waals surface area (Å²) in [6.45, 7) is 1.04. The van der Waals surface area contributed by atoms with Gasteiger partial charge in [-0.3, -0.25) is 0 Å². The van der Waals surface area contributed by atoms with Crippen LogP contribution in [0.2, 0.25) is 0 Å². The van der Waals surface area contributed by atoms with Gasteiger partial charge in [-0.2, -0.15) is 0 Å². The lowest BCUT2D eigenvalue weighted by molar-refractivity contribution is 0.299. The summed E-state index contributed by atoms with van der Waals surface area (Å²) in [5, 5.41) is 12.3. The van der Waals surface area contributed by atoms with Crippen LogP contribution < -0.4 is 5.32 Å². The van der Waals surface area contributed by atoms with Crippen LogP contribution in [0, 0.1) is 3.57 Å². The molecule has 0 fully saturated rings. The number of hydrogen-bond acceptors (Lipinski definition) is 2. The first-order valence-corrected chi connectivity index (χ1v) is 7.04. The second-order valence-corrected chi connectivity index (χ2v) is 5.28. The maximum Gasteiger partial charge on any atom is 0.0471 e. The molecule has 0 aliphatic heterocycles. The summed E-state index contributed by atoms with van der Waals surface area (Å²) in [5.41, 5.74) is 3.58. The van der Waals surface area contributed by atoms with Crippen molar-refractivity contribution in [2.24, 2.45) is 0 Å². The third-order valence-electron chi connectivity index (χ3n) is 2.80. The maximum atomic E-state index is 8.86. The Labute approximate surface area is 121 Å². The van der Waals surface area contributed by atoms with Crippen LogP contribution in [0.5, 0.6) is 0 Å². The Kier molecular flexibility index (Phi) is 5.01. The summed E-state index contributed by atoms with van der Waals surface area (Å²) in [6.07, 6.45) is 0.719. The predicted octanol–water partition coefficient (Wildman–Crippen LogP) is 3.44. The van der Waals surface area contributed by atoms with Crippen LogP contribution in [0.25, 0.3) is 0 Å². The molecule has 3 heteroatoms. The second kappa shape index (κ2) is 6.75. The summed E-state index contributed by atoms with van der Waals surface area (Å²) in [4.78, 5) is 0. The van der Waals surface area contributed by atoms with E-state index in [1.165, 1.54) is 9.13 Å². The minimum atomic E-state index is 0.203. The highest BCUT2D eigenvalue weighted by molar-refractivity contribution is 14.1. The highest BCUT2D eigenvalue weighted by Crippen LogP contribution is 2.15. The largest absolute Gasteiger partial charge is 0.396 e. The van der Waals surface area contributed by atoms with Gasteiger partial charge in [0.05, 0.1) is 0 Å². The molecule has 2 aromatic carbocycles. The van der Waals surface area contributed by atoms with E-state index < -0.39 is 0 Å². The smallest absolute Gasteiger partial charge is 0.0471 e. The SMILES string of the molecule is OCCc1ccc(NCc2ccccc2I)cc1. The van der Waals surface area contributed by atoms with Gasteiger partial charge in [-0.1, -0.05) is 30.3 Å². The number of benzene rings is 2. The zero-order valence-corrected chi connectivity index (χ0v) is 12.2. The van der Waals surface area contributed by atoms with Crippen molar-refractivity contribution in [3.05, 3.63) is 63.2 Å². The molecule has 18 heavy (non-hydrogen) atoms. The molecule has 0 bridgehead atoms. The Morgan fingerprint density at radius 1 is 1.00 bits per heavy atom. The monoisotopic (exact) mass is 353 g/mol. The number of rotatable bonds is 5. The fraction of sp³-hybridized carbons (Fsp3) is 0.200. The number of anilines is 1. The van der Waals surface area contributed by atoms with Gasteiger partial charge in [0.25, 0.3) is 0 Å². The Morgan fingerprint density at radius 3 is 2.39 bits per heavy atom. The average molecular weight is 353 g/mol. The number of hydrogen-bond donors (Lipinski definition) is 2. The molecule has 0 aliphatic rings. The lowest BCUT2D eigenvalue weighted by atomic mass is 10.1. The van der Waals surface area contributed by atoms with Gasteiger partial charge in [0.15, 0.2) is 0 Å². The quantitative estimate of drug-likeness (QED) is 0.808. The van der Waals surface area contributed by atoms with Gasteiger partial charge in [0.1, 0.15) is 0 Å². The molecule has 0 saturated carbocycles. The van der Waals surface area contributed by atoms with E-state index in [0.717, 1.165) is 24.2 Å². The van der Waals surface area contributed by atoms with E-state index in [0.29, 0.717) is 0 Å². The molecule has 0 atom stereocenters. The summed E-state index contributed by atoms with van der Waals surface area (Å²) in [5.74, 6) is 0. The van der Waals surface area contributed by atoms with Crippen LogP contribution in [0.1, 0.15) is 11.1 Å². The lowest BCUT2D eigenvalue weighted by Crippen LogP contribution is -2.01. The molecule has 0 radical (unpaired) electrons. The summed E-state index contributed by atoms with van der Waals surface area (Å²) in [6, 6.07) is 16.6. The first-order valence-electron chi connectivity index (χ1n) is 5.96. The van der Waals surface area contributed by atoms with Crippen LogP contribution in [-0.2, 0) is 13.0 Å². The van der Waals surface area contributed by atoms with E-state index in [1.807, 2.05) is 0 Å². The molecule has 0 aromatic heterocycles. The van der Waals surface area contributed by atoms with Crippen molar-refractivity contribution in [3.63, 3.8) is 0 Å². The number of aliphatic hydroxyl groups is 1. The molecule has 0 unspecified atom stereocenters. The number of halogens is 1. The summed E-state index contributed by atoms with van der Waals surface area (Å²) in [7, 11) is 0. The van der Waals surface area contributed by atoms with Crippen molar-refractivity contribution < 1.29 is 5.11 Å². The predicted molar refractivity (Wildman–Crippen MR) is 83.7 cm³/mol. The van der Waals surface area contributed by atoms with Crippen molar-refractivity contribution >= 4 is 28.3 Å². The van der Waals surface area contributed by atoms with Crippen molar-refractivity contribution in [3.8, 4) is 0 Å². The first-order chi connectivity index (χ1) is 8.79. The first kappa shape index (κ1) is 13.4. The van der Waals surface area contributed by atoms with E-state index in [9.17, 15) is 0 Å². The van der Waals surface area contributed by atoms with Gasteiger partial charge in [0, 0.05) is 22.4 Å². The van der Waals surface area contributed by atoms with Crippen LogP contribution in [0.15, 0.2) is 48.5 Å². The highest BCUT2D eigenvalue weighted by atomic mass is 127. The molecule has 2 rings (SSSR count). The Bertz CT molecular complexity index is 496. The van der Waals surface area contributed by atoms with Crippen molar-refractivity contribution in [1.82, 2.24) is 0 Å². The normalized spacial score (nSPS) is 10.3. The van der Waals surface area contributed by atoms with E-state index in [2.05, 4.69) is 76.4 Å². The molecule has 2 aromatic rings. The van der Waals surface area contributed by atoms with Gasteiger partial charge < -0.3 is 10.4 Å². The summed E-state index contributed by atoms with van der Waals surface area (Å²) >= 11 is 2.35. The molecular formula is C15H16INO. The van der Waals surface area contributed by atoms with Gasteiger partial charge in [0.2, 0.25) is 0 Å². The van der Waals surface area contributed by atoms with Crippen LogP contribution >= 0.6 is 22.6 Å². The standard InChI is InChI=1S/C15H16INO/c16-15-4-2-1-3-13(15)11-17-14-7-5-12(6-8-14)9-10-18/h1-8,17-18H,9-11H2. The van der Waals surface area contributed by atoms with Crippen molar-refractivity contribution in [2.75, 3.05) is 11.9 Å². The zero-order chi connectivity index (χ0) is 12.8. The fourth-order valence-electron chi connectivity index (χ4n) is 1.76. The van der Waals surface area contributed by atoms with Crippen LogP contribution in [0.4, 0.5) is 5.69 Å². The Morgan fingerprint density at radius 2 is 1.72 bits per heavy atom. The third kappa shape index (κ3) is 3.71. The maximum absolute atomic E-state index is 8.86. The number of nitrogens with one attached hydrogen (secondary N) is 1. The molecule has 94 valence electrons. The van der Waals surface area contributed by atoms with Gasteiger partial charge in [-0.15, -0.1) is 0 Å².